The van der Waals surface area contributed by atoms with Crippen molar-refractivity contribution in [2.75, 3.05) is 20.3 Å². The Hall–Kier alpha value is -3.68. The SMILES string of the molecule is COCCOC(=O)C1=C(C)NC2=C(C(=O)C[C@@H](c3ccccc3Cl)C2)[C@@H]1c1coc2ccccc2c1=O. The zero-order valence-corrected chi connectivity index (χ0v) is 21.3. The van der Waals surface area contributed by atoms with Crippen LogP contribution in [0.1, 0.15) is 42.7 Å². The number of ketones is 1. The molecule has 3 aromatic rings. The van der Waals surface area contributed by atoms with Crippen molar-refractivity contribution in [2.45, 2.75) is 31.6 Å². The summed E-state index contributed by atoms with van der Waals surface area (Å²) in [7, 11) is 1.51. The fraction of sp³-hybridized carbons (Fsp3) is 0.276. The van der Waals surface area contributed by atoms with Gasteiger partial charge in [-0.3, -0.25) is 9.59 Å². The Kier molecular flexibility index (Phi) is 7.00. The van der Waals surface area contributed by atoms with Crippen LogP contribution in [0.3, 0.4) is 0 Å². The third-order valence-corrected chi connectivity index (χ3v) is 7.28. The van der Waals surface area contributed by atoms with Crippen molar-refractivity contribution in [3.05, 3.63) is 104 Å². The molecule has 0 fully saturated rings. The topological polar surface area (TPSA) is 94.8 Å². The van der Waals surface area contributed by atoms with E-state index in [9.17, 15) is 14.4 Å². The summed E-state index contributed by atoms with van der Waals surface area (Å²) in [5.41, 5.74) is 3.03. The molecular weight excluding hydrogens is 494 g/mol. The minimum Gasteiger partial charge on any atom is -0.464 e. The van der Waals surface area contributed by atoms with Gasteiger partial charge in [-0.2, -0.15) is 0 Å². The molecule has 2 aromatic carbocycles. The van der Waals surface area contributed by atoms with E-state index in [1.54, 1.807) is 31.2 Å². The Morgan fingerprint density at radius 2 is 1.81 bits per heavy atom. The lowest BCUT2D eigenvalue weighted by Crippen LogP contribution is -2.37. The molecule has 2 atom stereocenters. The molecule has 2 heterocycles. The zero-order valence-electron chi connectivity index (χ0n) is 20.5. The number of carbonyl (C=O) groups excluding carboxylic acids is 2. The Balaban J connectivity index is 1.64. The fourth-order valence-electron chi connectivity index (χ4n) is 5.23. The lowest BCUT2D eigenvalue weighted by atomic mass is 9.72. The molecule has 7 nitrogen and oxygen atoms in total. The predicted molar refractivity (Wildman–Crippen MR) is 139 cm³/mol. The Labute approximate surface area is 218 Å². The maximum Gasteiger partial charge on any atom is 0.336 e. The van der Waals surface area contributed by atoms with Gasteiger partial charge in [0, 0.05) is 41.1 Å². The van der Waals surface area contributed by atoms with Gasteiger partial charge in [-0.25, -0.2) is 4.79 Å². The number of benzene rings is 2. The van der Waals surface area contributed by atoms with Crippen molar-refractivity contribution < 1.29 is 23.5 Å². The molecule has 0 amide bonds. The third-order valence-electron chi connectivity index (χ3n) is 6.93. The second-order valence-electron chi connectivity index (χ2n) is 9.18. The molecule has 190 valence electrons. The molecule has 5 rings (SSSR count). The van der Waals surface area contributed by atoms with Crippen molar-refractivity contribution >= 4 is 34.3 Å². The van der Waals surface area contributed by atoms with Crippen molar-refractivity contribution in [2.24, 2.45) is 0 Å². The summed E-state index contributed by atoms with van der Waals surface area (Å²) >= 11 is 6.45. The van der Waals surface area contributed by atoms with E-state index in [4.69, 9.17) is 25.5 Å². The van der Waals surface area contributed by atoms with Crippen LogP contribution in [0.2, 0.25) is 5.02 Å². The monoisotopic (exact) mass is 519 g/mol. The maximum absolute atomic E-state index is 13.7. The molecule has 0 unspecified atom stereocenters. The third kappa shape index (κ3) is 4.61. The van der Waals surface area contributed by atoms with Gasteiger partial charge in [-0.05, 0) is 43.0 Å². The van der Waals surface area contributed by atoms with E-state index in [-0.39, 0.29) is 47.9 Å². The first-order valence-corrected chi connectivity index (χ1v) is 12.4. The number of dihydropyridines is 1. The highest BCUT2D eigenvalue weighted by Gasteiger charge is 2.43. The summed E-state index contributed by atoms with van der Waals surface area (Å²) in [4.78, 5) is 40.7. The molecule has 1 N–H and O–H groups in total. The number of hydrogen-bond donors (Lipinski definition) is 1. The van der Waals surface area contributed by atoms with Gasteiger partial charge in [0.05, 0.1) is 29.7 Å². The molecule has 37 heavy (non-hydrogen) atoms. The predicted octanol–water partition coefficient (Wildman–Crippen LogP) is 5.00. The number of rotatable bonds is 6. The van der Waals surface area contributed by atoms with E-state index in [0.29, 0.717) is 39.4 Å². The van der Waals surface area contributed by atoms with Gasteiger partial charge < -0.3 is 19.2 Å². The molecule has 1 aliphatic carbocycles. The number of nitrogens with one attached hydrogen (secondary N) is 1. The number of hydrogen-bond acceptors (Lipinski definition) is 7. The van der Waals surface area contributed by atoms with Crippen LogP contribution in [0.5, 0.6) is 0 Å². The summed E-state index contributed by atoms with van der Waals surface area (Å²) in [6.07, 6.45) is 2.06. The van der Waals surface area contributed by atoms with Gasteiger partial charge in [0.1, 0.15) is 12.2 Å². The summed E-state index contributed by atoms with van der Waals surface area (Å²) in [6, 6.07) is 14.4. The summed E-state index contributed by atoms with van der Waals surface area (Å²) in [6.45, 7) is 2.01. The quantitative estimate of drug-likeness (QED) is 0.362. The number of halogens is 1. The van der Waals surface area contributed by atoms with Crippen molar-refractivity contribution in [3.63, 3.8) is 0 Å². The minimum absolute atomic E-state index is 0.0413. The highest BCUT2D eigenvalue weighted by atomic mass is 35.5. The molecular formula is C29H26ClNO6. The van der Waals surface area contributed by atoms with Gasteiger partial charge in [0.25, 0.3) is 0 Å². The average Bonchev–Trinajstić information content (AvgIpc) is 2.88. The number of methoxy groups -OCH3 is 1. The standard InChI is InChI=1S/C29H26ClNO6/c1-16-25(29(34)36-12-11-35-2)26(20-15-37-24-10-6-4-8-19(24)28(20)33)27-22(31-16)13-17(14-23(27)32)18-7-3-5-9-21(18)30/h3-10,15,17,26,31H,11-14H2,1-2H3/t17-,26+/m0/s1. The van der Waals surface area contributed by atoms with Crippen LogP contribution < -0.4 is 10.7 Å². The van der Waals surface area contributed by atoms with Gasteiger partial charge in [-0.15, -0.1) is 0 Å². The van der Waals surface area contributed by atoms with E-state index < -0.39 is 11.9 Å². The fourth-order valence-corrected chi connectivity index (χ4v) is 5.52. The number of allylic oxidation sites excluding steroid dienone is 3. The highest BCUT2D eigenvalue weighted by Crippen LogP contribution is 2.46. The first-order valence-electron chi connectivity index (χ1n) is 12.1. The first-order chi connectivity index (χ1) is 17.9. The molecule has 0 radical (unpaired) electrons. The molecule has 2 aliphatic rings. The number of carbonyl (C=O) groups is 2. The number of para-hydroxylation sites is 1. The largest absolute Gasteiger partial charge is 0.464 e. The molecule has 0 saturated heterocycles. The van der Waals surface area contributed by atoms with Crippen LogP contribution in [0.15, 0.2) is 86.5 Å². The normalized spacial score (nSPS) is 19.6. The van der Waals surface area contributed by atoms with Crippen molar-refractivity contribution in [3.8, 4) is 0 Å². The van der Waals surface area contributed by atoms with E-state index in [1.165, 1.54) is 13.4 Å². The molecule has 0 bridgehead atoms. The summed E-state index contributed by atoms with van der Waals surface area (Å²) < 4.78 is 16.2. The van der Waals surface area contributed by atoms with Crippen LogP contribution in [-0.2, 0) is 19.1 Å². The second kappa shape index (κ2) is 10.4. The van der Waals surface area contributed by atoms with Crippen molar-refractivity contribution in [1.29, 1.82) is 0 Å². The molecule has 1 aromatic heterocycles. The number of ether oxygens (including phenoxy) is 2. The molecule has 0 saturated carbocycles. The Bertz CT molecular complexity index is 1520. The Morgan fingerprint density at radius 1 is 1.05 bits per heavy atom. The summed E-state index contributed by atoms with van der Waals surface area (Å²) in [5.74, 6) is -1.84. The molecule has 1 aliphatic heterocycles. The van der Waals surface area contributed by atoms with Gasteiger partial charge >= 0.3 is 5.97 Å². The van der Waals surface area contributed by atoms with E-state index in [1.807, 2.05) is 24.3 Å². The molecule has 8 heteroatoms. The number of fused-ring (bicyclic) bond motifs is 1. The second-order valence-corrected chi connectivity index (χ2v) is 9.59. The van der Waals surface area contributed by atoms with Crippen LogP contribution >= 0.6 is 11.6 Å². The minimum atomic E-state index is -0.924. The van der Waals surface area contributed by atoms with Crippen molar-refractivity contribution in [1.82, 2.24) is 5.32 Å². The van der Waals surface area contributed by atoms with E-state index >= 15 is 0 Å². The van der Waals surface area contributed by atoms with Gasteiger partial charge in [0.15, 0.2) is 11.2 Å². The lowest BCUT2D eigenvalue weighted by Gasteiger charge is -2.36. The number of esters is 1. The first kappa shape index (κ1) is 25.0. The average molecular weight is 520 g/mol. The number of Topliss-reactive ketones (excluding diaryl/α,β-unsaturated/α-hetero) is 1. The Morgan fingerprint density at radius 3 is 2.59 bits per heavy atom. The van der Waals surface area contributed by atoms with Crippen LogP contribution in [0.4, 0.5) is 0 Å². The van der Waals surface area contributed by atoms with E-state index in [2.05, 4.69) is 5.32 Å². The maximum atomic E-state index is 13.7. The van der Waals surface area contributed by atoms with E-state index in [0.717, 1.165) is 5.56 Å². The smallest absolute Gasteiger partial charge is 0.336 e. The van der Waals surface area contributed by atoms with Crippen LogP contribution in [0, 0.1) is 0 Å². The van der Waals surface area contributed by atoms with Gasteiger partial charge in [0.2, 0.25) is 0 Å². The van der Waals surface area contributed by atoms with Crippen LogP contribution in [-0.4, -0.2) is 32.1 Å². The highest BCUT2D eigenvalue weighted by molar-refractivity contribution is 6.31. The summed E-state index contributed by atoms with van der Waals surface area (Å²) in [5, 5.41) is 4.25. The zero-order chi connectivity index (χ0) is 26.1. The van der Waals surface area contributed by atoms with Crippen LogP contribution in [0.25, 0.3) is 11.0 Å². The lowest BCUT2D eigenvalue weighted by molar-refractivity contribution is -0.140. The molecule has 0 spiro atoms. The van der Waals surface area contributed by atoms with Gasteiger partial charge in [-0.1, -0.05) is 41.9 Å².